The minimum Gasteiger partial charge on any atom is -0.376 e. The second kappa shape index (κ2) is 7.00. The Kier molecular flexibility index (Phi) is 5.06. The van der Waals surface area contributed by atoms with Crippen molar-refractivity contribution in [1.82, 2.24) is 5.32 Å². The van der Waals surface area contributed by atoms with Gasteiger partial charge in [-0.25, -0.2) is 4.39 Å². The molecule has 1 aliphatic rings. The lowest BCUT2D eigenvalue weighted by molar-refractivity contribution is -0.127. The van der Waals surface area contributed by atoms with E-state index in [0.717, 1.165) is 19.4 Å². The molecule has 1 aromatic rings. The van der Waals surface area contributed by atoms with Gasteiger partial charge in [-0.05, 0) is 37.1 Å². The molecule has 5 nitrogen and oxygen atoms in total. The predicted molar refractivity (Wildman–Crippen MR) is 71.6 cm³/mol. The van der Waals surface area contributed by atoms with Crippen molar-refractivity contribution in [3.8, 4) is 0 Å². The molecule has 6 heteroatoms. The van der Waals surface area contributed by atoms with Crippen LogP contribution in [0.5, 0.6) is 0 Å². The van der Waals surface area contributed by atoms with Gasteiger partial charge >= 0.3 is 0 Å². The van der Waals surface area contributed by atoms with Gasteiger partial charge in [-0.15, -0.1) is 0 Å². The molecule has 0 spiro atoms. The normalized spacial score (nSPS) is 17.8. The number of carbonyl (C=O) groups excluding carboxylic acids is 2. The summed E-state index contributed by atoms with van der Waals surface area (Å²) in [6, 6.07) is 5.37. The van der Waals surface area contributed by atoms with E-state index in [1.165, 1.54) is 24.3 Å². The standard InChI is InChI=1S/C14H17FN2O3/c15-10-3-5-11(6-4-10)17-14(19)8-13(18)16-9-12-2-1-7-20-12/h3-6,12H,1-2,7-9H2,(H,16,18)(H,17,19). The van der Waals surface area contributed by atoms with E-state index in [-0.39, 0.29) is 24.2 Å². The van der Waals surface area contributed by atoms with E-state index in [2.05, 4.69) is 10.6 Å². The summed E-state index contributed by atoms with van der Waals surface area (Å²) in [6.07, 6.45) is 1.73. The Bertz CT molecular complexity index is 470. The first-order valence-electron chi connectivity index (χ1n) is 6.57. The topological polar surface area (TPSA) is 67.4 Å². The summed E-state index contributed by atoms with van der Waals surface area (Å²) < 4.78 is 18.1. The van der Waals surface area contributed by atoms with E-state index >= 15 is 0 Å². The molecule has 1 atom stereocenters. The summed E-state index contributed by atoms with van der Waals surface area (Å²) in [7, 11) is 0. The smallest absolute Gasteiger partial charge is 0.233 e. The Balaban J connectivity index is 1.70. The molecule has 0 aromatic heterocycles. The molecule has 1 fully saturated rings. The Morgan fingerprint density at radius 3 is 2.65 bits per heavy atom. The van der Waals surface area contributed by atoms with Crippen LogP contribution in [0, 0.1) is 5.82 Å². The van der Waals surface area contributed by atoms with Crippen LogP contribution >= 0.6 is 0 Å². The monoisotopic (exact) mass is 280 g/mol. The number of anilines is 1. The average Bonchev–Trinajstić information content (AvgIpc) is 2.92. The number of rotatable bonds is 5. The molecule has 108 valence electrons. The molecule has 0 saturated carbocycles. The third-order valence-corrected chi connectivity index (χ3v) is 3.00. The van der Waals surface area contributed by atoms with E-state index in [4.69, 9.17) is 4.74 Å². The van der Waals surface area contributed by atoms with Crippen molar-refractivity contribution in [2.24, 2.45) is 0 Å². The van der Waals surface area contributed by atoms with Gasteiger partial charge < -0.3 is 15.4 Å². The lowest BCUT2D eigenvalue weighted by atomic mass is 10.2. The molecular formula is C14H17FN2O3. The average molecular weight is 280 g/mol. The zero-order valence-corrected chi connectivity index (χ0v) is 11.0. The molecule has 1 unspecified atom stereocenters. The van der Waals surface area contributed by atoms with Gasteiger partial charge in [0.1, 0.15) is 12.2 Å². The van der Waals surface area contributed by atoms with Gasteiger partial charge in [-0.3, -0.25) is 9.59 Å². The maximum Gasteiger partial charge on any atom is 0.233 e. The largest absolute Gasteiger partial charge is 0.376 e. The molecule has 1 aliphatic heterocycles. The highest BCUT2D eigenvalue weighted by Crippen LogP contribution is 2.11. The van der Waals surface area contributed by atoms with E-state index in [1.54, 1.807) is 0 Å². The number of benzene rings is 1. The lowest BCUT2D eigenvalue weighted by Gasteiger charge is -2.10. The summed E-state index contributed by atoms with van der Waals surface area (Å²) >= 11 is 0. The highest BCUT2D eigenvalue weighted by Gasteiger charge is 2.17. The maximum atomic E-state index is 12.7. The summed E-state index contributed by atoms with van der Waals surface area (Å²) in [5.74, 6) is -1.15. The molecule has 1 saturated heterocycles. The van der Waals surface area contributed by atoms with Crippen LogP contribution in [-0.4, -0.2) is 31.1 Å². The van der Waals surface area contributed by atoms with Gasteiger partial charge in [0.25, 0.3) is 0 Å². The van der Waals surface area contributed by atoms with Crippen molar-refractivity contribution in [3.63, 3.8) is 0 Å². The molecule has 0 radical (unpaired) electrons. The molecule has 20 heavy (non-hydrogen) atoms. The van der Waals surface area contributed by atoms with Crippen LogP contribution in [0.1, 0.15) is 19.3 Å². The number of halogens is 1. The Morgan fingerprint density at radius 2 is 2.00 bits per heavy atom. The summed E-state index contributed by atoms with van der Waals surface area (Å²) in [5.41, 5.74) is 0.461. The van der Waals surface area contributed by atoms with Crippen molar-refractivity contribution in [1.29, 1.82) is 0 Å². The van der Waals surface area contributed by atoms with E-state index in [9.17, 15) is 14.0 Å². The Morgan fingerprint density at radius 1 is 1.25 bits per heavy atom. The van der Waals surface area contributed by atoms with Crippen LogP contribution in [0.4, 0.5) is 10.1 Å². The first kappa shape index (κ1) is 14.5. The number of ether oxygens (including phenoxy) is 1. The van der Waals surface area contributed by atoms with Crippen LogP contribution in [0.3, 0.4) is 0 Å². The number of hydrogen-bond donors (Lipinski definition) is 2. The summed E-state index contributed by atoms with van der Waals surface area (Å²) in [5, 5.41) is 5.20. The fraction of sp³-hybridized carbons (Fsp3) is 0.429. The van der Waals surface area contributed by atoms with Gasteiger partial charge in [0.05, 0.1) is 6.10 Å². The SMILES string of the molecule is O=C(CC(=O)Nc1ccc(F)cc1)NCC1CCCO1. The van der Waals surface area contributed by atoms with Crippen LogP contribution in [0.25, 0.3) is 0 Å². The van der Waals surface area contributed by atoms with E-state index < -0.39 is 5.91 Å². The molecule has 2 N–H and O–H groups in total. The first-order valence-corrected chi connectivity index (χ1v) is 6.57. The van der Waals surface area contributed by atoms with Crippen LogP contribution in [0.15, 0.2) is 24.3 Å². The number of hydrogen-bond acceptors (Lipinski definition) is 3. The van der Waals surface area contributed by atoms with Crippen molar-refractivity contribution >= 4 is 17.5 Å². The van der Waals surface area contributed by atoms with Gasteiger partial charge in [-0.2, -0.15) is 0 Å². The van der Waals surface area contributed by atoms with Gasteiger partial charge in [0.2, 0.25) is 11.8 Å². The number of carbonyl (C=O) groups is 2. The third kappa shape index (κ3) is 4.62. The number of nitrogens with one attached hydrogen (secondary N) is 2. The first-order chi connectivity index (χ1) is 9.63. The fourth-order valence-corrected chi connectivity index (χ4v) is 1.98. The highest BCUT2D eigenvalue weighted by atomic mass is 19.1. The molecule has 1 aromatic carbocycles. The minimum atomic E-state index is -0.429. The molecule has 2 rings (SSSR count). The van der Waals surface area contributed by atoms with Crippen LogP contribution < -0.4 is 10.6 Å². The van der Waals surface area contributed by atoms with Gasteiger partial charge in [0, 0.05) is 18.8 Å². The van der Waals surface area contributed by atoms with Crippen molar-refractivity contribution < 1.29 is 18.7 Å². The van der Waals surface area contributed by atoms with E-state index in [1.807, 2.05) is 0 Å². The molecular weight excluding hydrogens is 263 g/mol. The lowest BCUT2D eigenvalue weighted by Crippen LogP contribution is -2.34. The summed E-state index contributed by atoms with van der Waals surface area (Å²) in [4.78, 5) is 23.2. The minimum absolute atomic E-state index is 0.0547. The molecule has 0 bridgehead atoms. The van der Waals surface area contributed by atoms with Crippen LogP contribution in [0.2, 0.25) is 0 Å². The predicted octanol–water partition coefficient (Wildman–Crippen LogP) is 1.45. The highest BCUT2D eigenvalue weighted by molar-refractivity contribution is 6.03. The molecule has 0 aliphatic carbocycles. The zero-order chi connectivity index (χ0) is 14.4. The zero-order valence-electron chi connectivity index (χ0n) is 11.0. The second-order valence-electron chi connectivity index (χ2n) is 4.67. The van der Waals surface area contributed by atoms with Crippen molar-refractivity contribution in [3.05, 3.63) is 30.1 Å². The quantitative estimate of drug-likeness (QED) is 0.802. The van der Waals surface area contributed by atoms with Crippen molar-refractivity contribution in [2.75, 3.05) is 18.5 Å². The maximum absolute atomic E-state index is 12.7. The van der Waals surface area contributed by atoms with Gasteiger partial charge in [-0.1, -0.05) is 0 Å². The Labute approximate surface area is 116 Å². The molecule has 2 amide bonds. The Hall–Kier alpha value is -1.95. The van der Waals surface area contributed by atoms with Crippen LogP contribution in [-0.2, 0) is 14.3 Å². The number of amides is 2. The fourth-order valence-electron chi connectivity index (χ4n) is 1.98. The summed E-state index contributed by atoms with van der Waals surface area (Å²) in [6.45, 7) is 1.16. The third-order valence-electron chi connectivity index (χ3n) is 3.00. The molecule has 1 heterocycles. The van der Waals surface area contributed by atoms with Gasteiger partial charge in [0.15, 0.2) is 0 Å². The second-order valence-corrected chi connectivity index (χ2v) is 4.67. The van der Waals surface area contributed by atoms with Crippen molar-refractivity contribution in [2.45, 2.75) is 25.4 Å². The van der Waals surface area contributed by atoms with E-state index in [0.29, 0.717) is 12.2 Å².